The van der Waals surface area contributed by atoms with E-state index in [9.17, 15) is 19.8 Å². The number of phenolic OH excluding ortho intramolecular Hbond substituents is 1. The fourth-order valence-corrected chi connectivity index (χ4v) is 4.35. The molecule has 3 aromatic rings. The van der Waals surface area contributed by atoms with Crippen molar-refractivity contribution in [1.29, 1.82) is 0 Å². The fourth-order valence-electron chi connectivity index (χ4n) is 4.35. The van der Waals surface area contributed by atoms with Gasteiger partial charge in [0.25, 0.3) is 11.7 Å². The first-order valence-electron chi connectivity index (χ1n) is 12.0. The molecule has 0 aromatic heterocycles. The first-order chi connectivity index (χ1) is 17.8. The van der Waals surface area contributed by atoms with Crippen molar-refractivity contribution in [1.82, 2.24) is 0 Å². The molecule has 0 bridgehead atoms. The summed E-state index contributed by atoms with van der Waals surface area (Å²) < 4.78 is 11.1. The van der Waals surface area contributed by atoms with Gasteiger partial charge in [-0.15, -0.1) is 0 Å². The van der Waals surface area contributed by atoms with Crippen LogP contribution in [0.15, 0.2) is 72.3 Å². The van der Waals surface area contributed by atoms with E-state index in [1.807, 2.05) is 38.1 Å². The van der Waals surface area contributed by atoms with Gasteiger partial charge in [0, 0.05) is 31.0 Å². The Morgan fingerprint density at radius 2 is 1.65 bits per heavy atom. The van der Waals surface area contributed by atoms with Crippen LogP contribution in [0.5, 0.6) is 17.2 Å². The van der Waals surface area contributed by atoms with Crippen LogP contribution in [-0.4, -0.2) is 49.2 Å². The number of carbonyl (C=O) groups excluding carboxylic acids is 2. The molecule has 1 atom stereocenters. The van der Waals surface area contributed by atoms with E-state index in [0.29, 0.717) is 35.8 Å². The standard InChI is InChI=1S/C29H30N2O6/c1-5-36-22-9-7-8-19(16-22)27(33)25-26(18-10-15-23(32)24(17-18)37-6-2)31(29(35)28(25)34)21-13-11-20(12-14-21)30(3)4/h7-17,26,32-33H,5-6H2,1-4H3/b27-25-. The van der Waals surface area contributed by atoms with Crippen LogP contribution < -0.4 is 19.3 Å². The molecule has 37 heavy (non-hydrogen) atoms. The maximum Gasteiger partial charge on any atom is 0.300 e. The number of Topliss-reactive ketones (excluding diaryl/α,β-unsaturated/α-hetero) is 1. The number of hydrogen-bond acceptors (Lipinski definition) is 7. The van der Waals surface area contributed by atoms with Gasteiger partial charge in [-0.2, -0.15) is 0 Å². The predicted molar refractivity (Wildman–Crippen MR) is 142 cm³/mol. The second-order valence-electron chi connectivity index (χ2n) is 8.70. The second-order valence-corrected chi connectivity index (χ2v) is 8.70. The number of amides is 1. The van der Waals surface area contributed by atoms with Gasteiger partial charge in [-0.1, -0.05) is 18.2 Å². The monoisotopic (exact) mass is 502 g/mol. The van der Waals surface area contributed by atoms with Crippen LogP contribution in [-0.2, 0) is 9.59 Å². The third-order valence-electron chi connectivity index (χ3n) is 6.11. The molecule has 1 heterocycles. The van der Waals surface area contributed by atoms with E-state index in [1.54, 1.807) is 55.5 Å². The Morgan fingerprint density at radius 1 is 0.946 bits per heavy atom. The molecule has 0 saturated carbocycles. The van der Waals surface area contributed by atoms with E-state index >= 15 is 0 Å². The van der Waals surface area contributed by atoms with E-state index in [2.05, 4.69) is 0 Å². The molecule has 1 fully saturated rings. The van der Waals surface area contributed by atoms with Crippen molar-refractivity contribution in [2.24, 2.45) is 0 Å². The number of ether oxygens (including phenoxy) is 2. The summed E-state index contributed by atoms with van der Waals surface area (Å²) in [5, 5.41) is 21.6. The topological polar surface area (TPSA) is 99.5 Å². The Kier molecular flexibility index (Phi) is 7.38. The third kappa shape index (κ3) is 4.95. The summed E-state index contributed by atoms with van der Waals surface area (Å²) in [6.45, 7) is 4.38. The average Bonchev–Trinajstić information content (AvgIpc) is 3.15. The normalized spacial score (nSPS) is 16.6. The van der Waals surface area contributed by atoms with Crippen LogP contribution in [0.25, 0.3) is 5.76 Å². The summed E-state index contributed by atoms with van der Waals surface area (Å²) in [5.74, 6) is -1.22. The number of benzene rings is 3. The predicted octanol–water partition coefficient (Wildman–Crippen LogP) is 4.88. The number of ketones is 1. The largest absolute Gasteiger partial charge is 0.507 e. The number of aromatic hydroxyl groups is 1. The van der Waals surface area contributed by atoms with Crippen molar-refractivity contribution in [3.8, 4) is 17.2 Å². The quantitative estimate of drug-likeness (QED) is 0.257. The van der Waals surface area contributed by atoms with E-state index < -0.39 is 17.7 Å². The highest BCUT2D eigenvalue weighted by Crippen LogP contribution is 2.44. The number of nitrogens with zero attached hydrogens (tertiary/aromatic N) is 2. The Morgan fingerprint density at radius 3 is 2.30 bits per heavy atom. The van der Waals surface area contributed by atoms with E-state index in [1.165, 1.54) is 11.0 Å². The summed E-state index contributed by atoms with van der Waals surface area (Å²) in [7, 11) is 3.81. The minimum atomic E-state index is -0.958. The lowest BCUT2D eigenvalue weighted by molar-refractivity contribution is -0.132. The van der Waals surface area contributed by atoms with E-state index in [0.717, 1.165) is 5.69 Å². The van der Waals surface area contributed by atoms with Gasteiger partial charge in [-0.25, -0.2) is 0 Å². The van der Waals surface area contributed by atoms with E-state index in [4.69, 9.17) is 9.47 Å². The minimum absolute atomic E-state index is 0.0662. The van der Waals surface area contributed by atoms with E-state index in [-0.39, 0.29) is 22.8 Å². The molecule has 1 amide bonds. The van der Waals surface area contributed by atoms with Gasteiger partial charge in [0.1, 0.15) is 11.5 Å². The number of hydrogen-bond donors (Lipinski definition) is 2. The average molecular weight is 503 g/mol. The zero-order valence-electron chi connectivity index (χ0n) is 21.3. The highest BCUT2D eigenvalue weighted by Gasteiger charge is 2.47. The maximum absolute atomic E-state index is 13.4. The Bertz CT molecular complexity index is 1350. The van der Waals surface area contributed by atoms with Crippen molar-refractivity contribution >= 4 is 28.8 Å². The van der Waals surface area contributed by atoms with Crippen molar-refractivity contribution in [2.75, 3.05) is 37.1 Å². The highest BCUT2D eigenvalue weighted by atomic mass is 16.5. The molecule has 3 aromatic carbocycles. The molecule has 1 aliphatic rings. The van der Waals surface area contributed by atoms with Gasteiger partial charge in [-0.3, -0.25) is 14.5 Å². The summed E-state index contributed by atoms with van der Waals surface area (Å²) in [4.78, 5) is 30.1. The molecule has 0 radical (unpaired) electrons. The van der Waals surface area contributed by atoms with Gasteiger partial charge < -0.3 is 24.6 Å². The number of phenols is 1. The lowest BCUT2D eigenvalue weighted by Gasteiger charge is -2.26. The van der Waals surface area contributed by atoms with Crippen molar-refractivity contribution < 1.29 is 29.3 Å². The SMILES string of the molecule is CCOc1cccc(/C(O)=C2/C(=O)C(=O)N(c3ccc(N(C)C)cc3)C2c2ccc(O)c(OCC)c2)c1. The summed E-state index contributed by atoms with van der Waals surface area (Å²) in [5.41, 5.74) is 2.20. The highest BCUT2D eigenvalue weighted by molar-refractivity contribution is 6.51. The van der Waals surface area contributed by atoms with Crippen molar-refractivity contribution in [3.63, 3.8) is 0 Å². The van der Waals surface area contributed by atoms with Crippen molar-refractivity contribution in [3.05, 3.63) is 83.4 Å². The van der Waals surface area contributed by atoms with Gasteiger partial charge in [-0.05, 0) is 67.9 Å². The third-order valence-corrected chi connectivity index (χ3v) is 6.11. The lowest BCUT2D eigenvalue weighted by Crippen LogP contribution is -2.29. The van der Waals surface area contributed by atoms with Gasteiger partial charge in [0.05, 0.1) is 24.8 Å². The fraction of sp³-hybridized carbons (Fsp3) is 0.241. The molecule has 4 rings (SSSR count). The molecule has 1 saturated heterocycles. The van der Waals surface area contributed by atoms with Crippen LogP contribution >= 0.6 is 0 Å². The van der Waals surface area contributed by atoms with Crippen LogP contribution in [0.3, 0.4) is 0 Å². The van der Waals surface area contributed by atoms with Gasteiger partial charge >= 0.3 is 0 Å². The Balaban J connectivity index is 1.92. The summed E-state index contributed by atoms with van der Waals surface area (Å²) in [6.07, 6.45) is 0. The molecule has 1 unspecified atom stereocenters. The van der Waals surface area contributed by atoms with Gasteiger partial charge in [0.2, 0.25) is 0 Å². The Labute approximate surface area is 216 Å². The van der Waals surface area contributed by atoms with Crippen molar-refractivity contribution in [2.45, 2.75) is 19.9 Å². The first kappa shape index (κ1) is 25.6. The summed E-state index contributed by atoms with van der Waals surface area (Å²) in [6, 6.07) is 17.6. The molecule has 0 aliphatic carbocycles. The summed E-state index contributed by atoms with van der Waals surface area (Å²) >= 11 is 0. The number of anilines is 2. The number of carbonyl (C=O) groups is 2. The van der Waals surface area contributed by atoms with Crippen LogP contribution in [0.4, 0.5) is 11.4 Å². The molecule has 8 nitrogen and oxygen atoms in total. The van der Waals surface area contributed by atoms with Crippen LogP contribution in [0.2, 0.25) is 0 Å². The molecule has 0 spiro atoms. The molecule has 8 heteroatoms. The molecule has 1 aliphatic heterocycles. The van der Waals surface area contributed by atoms with Crippen LogP contribution in [0, 0.1) is 0 Å². The molecule has 192 valence electrons. The molecular weight excluding hydrogens is 472 g/mol. The number of rotatable bonds is 8. The molecular formula is C29H30N2O6. The second kappa shape index (κ2) is 10.7. The zero-order valence-corrected chi connectivity index (χ0v) is 21.3. The maximum atomic E-state index is 13.4. The lowest BCUT2D eigenvalue weighted by atomic mass is 9.94. The number of aliphatic hydroxyl groups excluding tert-OH is 1. The molecule has 2 N–H and O–H groups in total. The smallest absolute Gasteiger partial charge is 0.300 e. The first-order valence-corrected chi connectivity index (χ1v) is 12.0. The minimum Gasteiger partial charge on any atom is -0.507 e. The number of aliphatic hydroxyl groups is 1. The van der Waals surface area contributed by atoms with Gasteiger partial charge in [0.15, 0.2) is 11.5 Å². The zero-order chi connectivity index (χ0) is 26.7. The van der Waals surface area contributed by atoms with Crippen LogP contribution in [0.1, 0.15) is 31.0 Å². The Hall–Kier alpha value is -4.46.